The Bertz CT molecular complexity index is 521. The smallest absolute Gasteiger partial charge is 0.191 e. The summed E-state index contributed by atoms with van der Waals surface area (Å²) < 4.78 is 10.8. The third kappa shape index (κ3) is 9.11. The molecular formula is C20H38IN5O2. The maximum atomic E-state index is 5.72. The van der Waals surface area contributed by atoms with E-state index in [0.717, 1.165) is 64.0 Å². The zero-order chi connectivity index (χ0) is 19.3. The molecule has 0 spiro atoms. The average Bonchev–Trinajstić information content (AvgIpc) is 3.22. The Morgan fingerprint density at radius 3 is 2.71 bits per heavy atom. The molecule has 1 unspecified atom stereocenters. The lowest BCUT2D eigenvalue weighted by atomic mass is 10.1. The second-order valence-corrected chi connectivity index (χ2v) is 7.16. The van der Waals surface area contributed by atoms with Gasteiger partial charge in [0.15, 0.2) is 5.96 Å². The minimum absolute atomic E-state index is 0. The second kappa shape index (κ2) is 15.1. The van der Waals surface area contributed by atoms with Gasteiger partial charge in [0.2, 0.25) is 0 Å². The first-order valence-electron chi connectivity index (χ1n) is 10.1. The second-order valence-electron chi connectivity index (χ2n) is 7.16. The van der Waals surface area contributed by atoms with Crippen molar-refractivity contribution in [2.75, 3.05) is 67.1 Å². The highest BCUT2D eigenvalue weighted by Gasteiger charge is 2.24. The van der Waals surface area contributed by atoms with Crippen LogP contribution < -0.4 is 10.6 Å². The van der Waals surface area contributed by atoms with E-state index in [4.69, 9.17) is 9.15 Å². The van der Waals surface area contributed by atoms with Crippen LogP contribution in [0.25, 0.3) is 0 Å². The van der Waals surface area contributed by atoms with Crippen LogP contribution in [0, 0.1) is 0 Å². The molecule has 0 saturated carbocycles. The Balaban J connectivity index is 0.00000392. The summed E-state index contributed by atoms with van der Waals surface area (Å²) in [5.74, 6) is 1.87. The lowest BCUT2D eigenvalue weighted by molar-refractivity contribution is 0.146. The van der Waals surface area contributed by atoms with Crippen LogP contribution in [0.1, 0.15) is 37.5 Å². The molecule has 162 valence electrons. The summed E-state index contributed by atoms with van der Waals surface area (Å²) in [6.07, 6.45) is 6.68. The van der Waals surface area contributed by atoms with Gasteiger partial charge in [-0.25, -0.2) is 0 Å². The lowest BCUT2D eigenvalue weighted by Crippen LogP contribution is -2.45. The number of nitrogens with one attached hydrogen (secondary N) is 2. The molecule has 2 N–H and O–H groups in total. The highest BCUT2D eigenvalue weighted by Crippen LogP contribution is 2.24. The Kier molecular flexibility index (Phi) is 13.6. The maximum Gasteiger partial charge on any atom is 0.191 e. The van der Waals surface area contributed by atoms with Crippen LogP contribution in [-0.4, -0.2) is 82.8 Å². The molecule has 0 radical (unpaired) electrons. The largest absolute Gasteiger partial charge is 0.468 e. The Morgan fingerprint density at radius 1 is 1.29 bits per heavy atom. The summed E-state index contributed by atoms with van der Waals surface area (Å²) in [6.45, 7) is 6.73. The van der Waals surface area contributed by atoms with Crippen LogP contribution in [0.4, 0.5) is 0 Å². The third-order valence-electron chi connectivity index (χ3n) is 5.06. The molecule has 1 aromatic rings. The number of rotatable bonds is 11. The van der Waals surface area contributed by atoms with E-state index in [2.05, 4.69) is 38.5 Å². The van der Waals surface area contributed by atoms with Crippen molar-refractivity contribution in [2.24, 2.45) is 4.99 Å². The van der Waals surface area contributed by atoms with Gasteiger partial charge in [0.1, 0.15) is 5.76 Å². The summed E-state index contributed by atoms with van der Waals surface area (Å²) in [5.41, 5.74) is 0. The molecule has 1 fully saturated rings. The Morgan fingerprint density at radius 2 is 2.07 bits per heavy atom. The molecule has 7 nitrogen and oxygen atoms in total. The number of nitrogens with zero attached hydrogens (tertiary/aromatic N) is 3. The van der Waals surface area contributed by atoms with Crippen molar-refractivity contribution < 1.29 is 9.15 Å². The van der Waals surface area contributed by atoms with E-state index in [1.165, 1.54) is 19.3 Å². The molecule has 28 heavy (non-hydrogen) atoms. The van der Waals surface area contributed by atoms with E-state index in [-0.39, 0.29) is 30.0 Å². The number of halogens is 1. The molecule has 1 aliphatic heterocycles. The third-order valence-corrected chi connectivity index (χ3v) is 5.06. The van der Waals surface area contributed by atoms with E-state index in [1.807, 2.05) is 13.1 Å². The first-order chi connectivity index (χ1) is 13.2. The van der Waals surface area contributed by atoms with Crippen molar-refractivity contribution in [2.45, 2.75) is 31.7 Å². The van der Waals surface area contributed by atoms with Crippen LogP contribution in [0.15, 0.2) is 27.8 Å². The van der Waals surface area contributed by atoms with Gasteiger partial charge in [0.25, 0.3) is 0 Å². The molecule has 1 atom stereocenters. The number of furan rings is 1. The van der Waals surface area contributed by atoms with E-state index in [9.17, 15) is 0 Å². The number of piperidine rings is 1. The predicted octanol–water partition coefficient (Wildman–Crippen LogP) is 2.56. The van der Waals surface area contributed by atoms with Gasteiger partial charge in [-0.05, 0) is 51.5 Å². The fourth-order valence-electron chi connectivity index (χ4n) is 3.49. The standard InChI is InChI=1S/C20H37N5O2.HI/c1-21-20(22-10-14-24(2)11-8-15-26-3)23-17-18(19-9-7-16-27-19)25-12-5-4-6-13-25;/h7,9,16,18H,4-6,8,10-15,17H2,1-3H3,(H2,21,22,23);1H. The molecule has 0 amide bonds. The van der Waals surface area contributed by atoms with Crippen molar-refractivity contribution in [1.29, 1.82) is 0 Å². The fraction of sp³-hybridized carbons (Fsp3) is 0.750. The zero-order valence-electron chi connectivity index (χ0n) is 17.7. The van der Waals surface area contributed by atoms with Crippen LogP contribution in [0.3, 0.4) is 0 Å². The minimum atomic E-state index is 0. The highest BCUT2D eigenvalue weighted by atomic mass is 127. The van der Waals surface area contributed by atoms with Crippen LogP contribution >= 0.6 is 24.0 Å². The number of methoxy groups -OCH3 is 1. The predicted molar refractivity (Wildman–Crippen MR) is 126 cm³/mol. The number of likely N-dealkylation sites (N-methyl/N-ethyl adjacent to an activating group) is 1. The van der Waals surface area contributed by atoms with Gasteiger partial charge >= 0.3 is 0 Å². The Hall–Kier alpha value is -0.840. The molecular weight excluding hydrogens is 469 g/mol. The molecule has 0 aliphatic carbocycles. The first kappa shape index (κ1) is 25.2. The quantitative estimate of drug-likeness (QED) is 0.208. The normalized spacial score (nSPS) is 16.6. The van der Waals surface area contributed by atoms with Crippen molar-refractivity contribution in [1.82, 2.24) is 20.4 Å². The number of ether oxygens (including phenoxy) is 1. The van der Waals surface area contributed by atoms with E-state index < -0.39 is 0 Å². The van der Waals surface area contributed by atoms with Crippen LogP contribution in [-0.2, 0) is 4.74 Å². The number of hydrogen-bond acceptors (Lipinski definition) is 5. The van der Waals surface area contributed by atoms with Crippen LogP contribution in [0.2, 0.25) is 0 Å². The van der Waals surface area contributed by atoms with Gasteiger partial charge in [-0.15, -0.1) is 24.0 Å². The summed E-state index contributed by atoms with van der Waals surface area (Å²) in [7, 11) is 5.70. The topological polar surface area (TPSA) is 65.3 Å². The van der Waals surface area contributed by atoms with E-state index in [1.54, 1.807) is 13.4 Å². The van der Waals surface area contributed by atoms with Gasteiger partial charge in [0, 0.05) is 46.9 Å². The lowest BCUT2D eigenvalue weighted by Gasteiger charge is -2.33. The van der Waals surface area contributed by atoms with Gasteiger partial charge < -0.3 is 24.7 Å². The molecule has 2 rings (SSSR count). The maximum absolute atomic E-state index is 5.72. The van der Waals surface area contributed by atoms with Crippen LogP contribution in [0.5, 0.6) is 0 Å². The highest BCUT2D eigenvalue weighted by molar-refractivity contribution is 14.0. The molecule has 8 heteroatoms. The zero-order valence-corrected chi connectivity index (χ0v) is 20.0. The first-order valence-corrected chi connectivity index (χ1v) is 10.1. The van der Waals surface area contributed by atoms with Gasteiger partial charge in [-0.2, -0.15) is 0 Å². The summed E-state index contributed by atoms with van der Waals surface area (Å²) in [5, 5.41) is 6.89. The van der Waals surface area contributed by atoms with Crippen molar-refractivity contribution in [3.8, 4) is 0 Å². The molecule has 2 heterocycles. The van der Waals surface area contributed by atoms with Gasteiger partial charge in [-0.1, -0.05) is 6.42 Å². The van der Waals surface area contributed by atoms with Crippen molar-refractivity contribution >= 4 is 29.9 Å². The number of aliphatic imine (C=N–C) groups is 1. The monoisotopic (exact) mass is 507 g/mol. The molecule has 1 saturated heterocycles. The molecule has 0 aromatic carbocycles. The van der Waals surface area contributed by atoms with E-state index in [0.29, 0.717) is 0 Å². The summed E-state index contributed by atoms with van der Waals surface area (Å²) in [4.78, 5) is 9.19. The average molecular weight is 507 g/mol. The minimum Gasteiger partial charge on any atom is -0.468 e. The number of hydrogen-bond donors (Lipinski definition) is 2. The molecule has 1 aromatic heterocycles. The Labute approximate surface area is 187 Å². The molecule has 0 bridgehead atoms. The summed E-state index contributed by atoms with van der Waals surface area (Å²) in [6, 6.07) is 4.29. The molecule has 1 aliphatic rings. The van der Waals surface area contributed by atoms with E-state index >= 15 is 0 Å². The number of guanidine groups is 1. The van der Waals surface area contributed by atoms with Gasteiger partial charge in [0.05, 0.1) is 12.3 Å². The summed E-state index contributed by atoms with van der Waals surface area (Å²) >= 11 is 0. The fourth-order valence-corrected chi connectivity index (χ4v) is 3.49. The van der Waals surface area contributed by atoms with Gasteiger partial charge in [-0.3, -0.25) is 9.89 Å². The van der Waals surface area contributed by atoms with Crippen molar-refractivity contribution in [3.63, 3.8) is 0 Å². The van der Waals surface area contributed by atoms with Crippen molar-refractivity contribution in [3.05, 3.63) is 24.2 Å². The number of likely N-dealkylation sites (tertiary alicyclic amines) is 1. The SMILES string of the molecule is CN=C(NCCN(C)CCCOC)NCC(c1ccco1)N1CCCCC1.I.